The minimum atomic E-state index is -1.11. The molecule has 0 aliphatic heterocycles. The van der Waals surface area contributed by atoms with Crippen molar-refractivity contribution in [2.75, 3.05) is 11.9 Å². The van der Waals surface area contributed by atoms with Crippen LogP contribution in [-0.2, 0) is 17.8 Å². The smallest absolute Gasteiger partial charge is 0.388 e. The number of rotatable bonds is 8. The normalized spacial score (nSPS) is 16.9. The van der Waals surface area contributed by atoms with Gasteiger partial charge < -0.3 is 19.9 Å². The van der Waals surface area contributed by atoms with Crippen LogP contribution in [0, 0.1) is 17.2 Å². The van der Waals surface area contributed by atoms with Crippen LogP contribution in [0.2, 0.25) is 5.02 Å². The first-order valence-corrected chi connectivity index (χ1v) is 13.7. The largest absolute Gasteiger partial charge is 0.411 e. The molecule has 0 saturated heterocycles. The van der Waals surface area contributed by atoms with Gasteiger partial charge in [-0.1, -0.05) is 60.1 Å². The molecule has 5 rings (SSSR count). The zero-order chi connectivity index (χ0) is 28.2. The first kappa shape index (κ1) is 27.3. The number of hydrogen-bond acceptors (Lipinski definition) is 7. The van der Waals surface area contributed by atoms with Crippen molar-refractivity contribution in [3.05, 3.63) is 83.7 Å². The Bertz CT molecular complexity index is 1540. The van der Waals surface area contributed by atoms with Gasteiger partial charge in [0.2, 0.25) is 11.8 Å². The van der Waals surface area contributed by atoms with Crippen molar-refractivity contribution in [1.29, 1.82) is 5.41 Å². The summed E-state index contributed by atoms with van der Waals surface area (Å²) in [7, 11) is 2.00. The van der Waals surface area contributed by atoms with Crippen molar-refractivity contribution < 1.29 is 9.53 Å². The number of allylic oxidation sites excluding steroid dienone is 1. The van der Waals surface area contributed by atoms with E-state index in [4.69, 9.17) is 32.5 Å². The van der Waals surface area contributed by atoms with E-state index < -0.39 is 12.0 Å². The lowest BCUT2D eigenvalue weighted by molar-refractivity contribution is 0.207. The number of fused-ring (bicyclic) bond motifs is 1. The van der Waals surface area contributed by atoms with E-state index in [0.717, 1.165) is 54.8 Å². The lowest BCUT2D eigenvalue weighted by atomic mass is 9.82. The molecule has 1 aliphatic rings. The second-order valence-corrected chi connectivity index (χ2v) is 10.6. The van der Waals surface area contributed by atoms with Crippen LogP contribution >= 0.6 is 11.6 Å². The van der Waals surface area contributed by atoms with Crippen molar-refractivity contribution in [2.24, 2.45) is 17.6 Å². The first-order valence-electron chi connectivity index (χ1n) is 13.3. The van der Waals surface area contributed by atoms with Gasteiger partial charge in [-0.25, -0.2) is 14.8 Å². The summed E-state index contributed by atoms with van der Waals surface area (Å²) < 4.78 is 7.01. The highest BCUT2D eigenvalue weighted by atomic mass is 35.5. The number of halogens is 1. The maximum absolute atomic E-state index is 11.4. The zero-order valence-electron chi connectivity index (χ0n) is 22.4. The van der Waals surface area contributed by atoms with E-state index in [9.17, 15) is 4.79 Å². The zero-order valence-corrected chi connectivity index (χ0v) is 23.1. The molecule has 0 spiro atoms. The summed E-state index contributed by atoms with van der Waals surface area (Å²) in [4.78, 5) is 27.7. The number of imidazole rings is 1. The number of hydrogen-bond donors (Lipinski definition) is 2. The molecule has 40 heavy (non-hydrogen) atoms. The van der Waals surface area contributed by atoms with Gasteiger partial charge in [0.1, 0.15) is 11.2 Å². The predicted octanol–water partition coefficient (Wildman–Crippen LogP) is 6.20. The fourth-order valence-corrected chi connectivity index (χ4v) is 5.56. The molecule has 4 aromatic rings. The van der Waals surface area contributed by atoms with Crippen molar-refractivity contribution in [1.82, 2.24) is 19.5 Å². The van der Waals surface area contributed by atoms with E-state index >= 15 is 0 Å². The molecule has 1 fully saturated rings. The number of primary amides is 1. The third-order valence-electron chi connectivity index (χ3n) is 7.36. The quantitative estimate of drug-likeness (QED) is 0.151. The molecule has 2 aromatic heterocycles. The van der Waals surface area contributed by atoms with E-state index in [0.29, 0.717) is 34.7 Å². The minimum Gasteiger partial charge on any atom is -0.388 e. The molecule has 2 aromatic carbocycles. The average molecular weight is 558 g/mol. The minimum absolute atomic E-state index is 0.0883. The standard InChI is InChI=1S/C30H32ClN7O2/c1-3-19-12-14-21(15-13-19)18-38-25-24(22-10-7-11-23(31)16-22)34-28(26(32)40-29(33)39)35-27(25)36-30(38)37(2)17-20-8-5-4-6-9-20/h3-11,16,19,21,32H,1,12-15,17-18H2,2H3,(H2,33,39). The molecular formula is C30H32ClN7O2. The number of anilines is 1. The number of aromatic nitrogens is 4. The van der Waals surface area contributed by atoms with Gasteiger partial charge in [-0.3, -0.25) is 5.41 Å². The number of nitrogens with zero attached hydrogens (tertiary/aromatic N) is 5. The molecule has 2 heterocycles. The number of carbonyl (C=O) groups excluding carboxylic acids is 1. The van der Waals surface area contributed by atoms with Crippen molar-refractivity contribution in [3.63, 3.8) is 0 Å². The molecule has 0 radical (unpaired) electrons. The third kappa shape index (κ3) is 5.99. The maximum Gasteiger partial charge on any atom is 0.411 e. The molecule has 3 N–H and O–H groups in total. The maximum atomic E-state index is 11.4. The summed E-state index contributed by atoms with van der Waals surface area (Å²) in [5, 5.41) is 8.79. The highest BCUT2D eigenvalue weighted by Crippen LogP contribution is 2.36. The van der Waals surface area contributed by atoms with Gasteiger partial charge >= 0.3 is 6.09 Å². The summed E-state index contributed by atoms with van der Waals surface area (Å²) in [6.07, 6.45) is 5.35. The summed E-state index contributed by atoms with van der Waals surface area (Å²) in [5.41, 5.74) is 8.73. The van der Waals surface area contributed by atoms with Gasteiger partial charge in [-0.05, 0) is 55.2 Å². The summed E-state index contributed by atoms with van der Waals surface area (Å²) in [6.45, 7) is 5.37. The predicted molar refractivity (Wildman–Crippen MR) is 157 cm³/mol. The topological polar surface area (TPSA) is 123 Å². The Morgan fingerprint density at radius 1 is 1.15 bits per heavy atom. The number of nitrogens with one attached hydrogen (secondary N) is 1. The van der Waals surface area contributed by atoms with Crippen LogP contribution in [0.3, 0.4) is 0 Å². The molecule has 1 amide bonds. The average Bonchev–Trinajstić information content (AvgIpc) is 3.31. The second kappa shape index (κ2) is 11.9. The first-order chi connectivity index (χ1) is 19.3. The monoisotopic (exact) mass is 557 g/mol. The second-order valence-electron chi connectivity index (χ2n) is 10.2. The Morgan fingerprint density at radius 2 is 1.90 bits per heavy atom. The number of ether oxygens (including phenoxy) is 1. The van der Waals surface area contributed by atoms with Gasteiger partial charge in [0.25, 0.3) is 5.90 Å². The van der Waals surface area contributed by atoms with E-state index in [1.54, 1.807) is 6.07 Å². The Morgan fingerprint density at radius 3 is 2.58 bits per heavy atom. The van der Waals surface area contributed by atoms with Crippen LogP contribution < -0.4 is 10.6 Å². The van der Waals surface area contributed by atoms with Gasteiger partial charge in [0.05, 0.1) is 0 Å². The van der Waals surface area contributed by atoms with Gasteiger partial charge in [0.15, 0.2) is 5.65 Å². The van der Waals surface area contributed by atoms with E-state index in [1.807, 2.05) is 43.4 Å². The lowest BCUT2D eigenvalue weighted by Crippen LogP contribution is -2.24. The van der Waals surface area contributed by atoms with Gasteiger partial charge in [-0.2, -0.15) is 4.98 Å². The number of carbonyl (C=O) groups is 1. The highest BCUT2D eigenvalue weighted by Gasteiger charge is 2.27. The third-order valence-corrected chi connectivity index (χ3v) is 7.59. The summed E-state index contributed by atoms with van der Waals surface area (Å²) in [5.74, 6) is 1.10. The van der Waals surface area contributed by atoms with E-state index in [-0.39, 0.29) is 5.82 Å². The van der Waals surface area contributed by atoms with E-state index in [1.165, 1.54) is 0 Å². The Kier molecular flexibility index (Phi) is 8.11. The summed E-state index contributed by atoms with van der Waals surface area (Å²) in [6, 6.07) is 17.5. The van der Waals surface area contributed by atoms with Crippen LogP contribution in [0.4, 0.5) is 10.7 Å². The van der Waals surface area contributed by atoms with Crippen molar-refractivity contribution >= 4 is 40.7 Å². The fourth-order valence-electron chi connectivity index (χ4n) is 5.37. The Hall–Kier alpha value is -4.24. The summed E-state index contributed by atoms with van der Waals surface area (Å²) >= 11 is 6.38. The molecule has 1 saturated carbocycles. The Balaban J connectivity index is 1.67. The van der Waals surface area contributed by atoms with Crippen LogP contribution in [0.25, 0.3) is 22.4 Å². The molecule has 10 heteroatoms. The SMILES string of the molecule is C=CC1CCC(Cn2c(N(C)Cc3ccccc3)nc3nc(C(=N)OC(N)=O)nc(-c4cccc(Cl)c4)c32)CC1. The van der Waals surface area contributed by atoms with Crippen molar-refractivity contribution in [3.8, 4) is 11.3 Å². The van der Waals surface area contributed by atoms with Gasteiger partial charge in [0, 0.05) is 30.7 Å². The van der Waals surface area contributed by atoms with Crippen LogP contribution in [-0.4, -0.2) is 38.6 Å². The Labute approximate surface area is 238 Å². The molecule has 0 bridgehead atoms. The van der Waals surface area contributed by atoms with Crippen LogP contribution in [0.1, 0.15) is 37.1 Å². The van der Waals surface area contributed by atoms with Crippen LogP contribution in [0.15, 0.2) is 67.3 Å². The number of nitrogens with two attached hydrogens (primary N) is 1. The molecular weight excluding hydrogens is 526 g/mol. The van der Waals surface area contributed by atoms with Crippen LogP contribution in [0.5, 0.6) is 0 Å². The molecule has 206 valence electrons. The molecule has 9 nitrogen and oxygen atoms in total. The fraction of sp³-hybridized carbons (Fsp3) is 0.300. The molecule has 1 aliphatic carbocycles. The van der Waals surface area contributed by atoms with Crippen molar-refractivity contribution in [2.45, 2.75) is 38.8 Å². The van der Waals surface area contributed by atoms with E-state index in [2.05, 4.69) is 44.2 Å². The number of benzene rings is 2. The lowest BCUT2D eigenvalue weighted by Gasteiger charge is -2.29. The molecule has 0 atom stereocenters. The molecule has 0 unspecified atom stereocenters. The van der Waals surface area contributed by atoms with Gasteiger partial charge in [-0.15, -0.1) is 6.58 Å². The number of amides is 1. The highest BCUT2D eigenvalue weighted by molar-refractivity contribution is 6.30.